The minimum Gasteiger partial charge on any atom is -0.505 e. The molecule has 8 N–H and O–H groups in total. The Bertz CT molecular complexity index is 3580. The van der Waals surface area contributed by atoms with E-state index in [2.05, 4.69) is 47.7 Å². The average Bonchev–Trinajstić information content (AvgIpc) is 3.18. The zero-order valence-electron chi connectivity index (χ0n) is 31.5. The Morgan fingerprint density at radius 2 is 1.38 bits per heavy atom. The van der Waals surface area contributed by atoms with Crippen LogP contribution in [0.4, 0.5) is 39.0 Å². The summed E-state index contributed by atoms with van der Waals surface area (Å²) in [4.78, 5) is 19.5. The van der Waals surface area contributed by atoms with Crippen molar-refractivity contribution in [1.29, 1.82) is 0 Å². The number of aromatic nitrogens is 3. The van der Waals surface area contributed by atoms with Gasteiger partial charge >= 0.3 is 6.08 Å². The third-order valence-corrected chi connectivity index (χ3v) is 13.4. The Hall–Kier alpha value is -6.64. The van der Waals surface area contributed by atoms with Crippen LogP contribution in [0.1, 0.15) is 10.4 Å². The number of azo groups is 1. The molecule has 0 saturated carbocycles. The van der Waals surface area contributed by atoms with E-state index in [0.717, 1.165) is 35.7 Å². The molecule has 1 aromatic heterocycles. The predicted molar refractivity (Wildman–Crippen MR) is 222 cm³/mol. The molecule has 1 heterocycles. The van der Waals surface area contributed by atoms with Gasteiger partial charge in [0.2, 0.25) is 11.9 Å². The van der Waals surface area contributed by atoms with Crippen LogP contribution in [0.25, 0.3) is 21.5 Å². The van der Waals surface area contributed by atoms with Crippen LogP contribution in [-0.2, 0) is 50.3 Å². The minimum atomic E-state index is -5.48. The fourth-order valence-corrected chi connectivity index (χ4v) is 9.20. The Labute approximate surface area is 360 Å². The molecule has 0 unspecified atom stereocenters. The Kier molecular flexibility index (Phi) is 12.6. The highest BCUT2D eigenvalue weighted by Crippen LogP contribution is 2.46. The number of phenols is 1. The summed E-state index contributed by atoms with van der Waals surface area (Å²) in [6.07, 6.45) is -1.48. The molecule has 0 aliphatic carbocycles. The van der Waals surface area contributed by atoms with Crippen LogP contribution in [0.2, 0.25) is 0 Å². The zero-order valence-corrected chi connectivity index (χ0v) is 35.6. The number of amides is 1. The second-order valence-corrected chi connectivity index (χ2v) is 20.5. The summed E-state index contributed by atoms with van der Waals surface area (Å²) in [5, 5.41) is 24.9. The van der Waals surface area contributed by atoms with Crippen LogP contribution in [0.3, 0.4) is 0 Å². The molecule has 0 fully saturated rings. The molecule has 5 aromatic carbocycles. The summed E-state index contributed by atoms with van der Waals surface area (Å²) < 4.78 is 177. The first-order chi connectivity index (χ1) is 29.7. The third-order valence-electron chi connectivity index (χ3n) is 8.61. The number of carbonyl (C=O) groups is 1. The second kappa shape index (κ2) is 17.1. The second-order valence-electron chi connectivity index (χ2n) is 12.9. The van der Waals surface area contributed by atoms with E-state index in [9.17, 15) is 74.6 Å². The van der Waals surface area contributed by atoms with Crippen molar-refractivity contribution in [3.8, 4) is 5.75 Å². The Balaban J connectivity index is 1.46. The fraction of sp³-hybridized carbons (Fsp3) is 0.0588. The number of benzene rings is 5. The molecule has 6 aromatic rings. The van der Waals surface area contributed by atoms with Gasteiger partial charge in [-0.25, -0.2) is 8.42 Å². The lowest BCUT2D eigenvalue weighted by Crippen LogP contribution is -2.28. The maximum Gasteiger partial charge on any atom is 0.315 e. The maximum absolute atomic E-state index is 14.9. The molecular weight excluding hydrogens is 956 g/mol. The number of rotatable bonds is 15. The Morgan fingerprint density at radius 3 is 2.00 bits per heavy atom. The summed E-state index contributed by atoms with van der Waals surface area (Å²) in [5.74, 6) is -3.69. The molecule has 336 valence electrons. The average molecular weight is 983 g/mol. The van der Waals surface area contributed by atoms with Crippen LogP contribution < -0.4 is 16.0 Å². The molecule has 6 rings (SSSR count). The molecule has 0 saturated heterocycles. The summed E-state index contributed by atoms with van der Waals surface area (Å²) in [6, 6.07) is 11.9. The van der Waals surface area contributed by atoms with Crippen molar-refractivity contribution in [2.45, 2.75) is 19.6 Å². The van der Waals surface area contributed by atoms with Crippen LogP contribution >= 0.6 is 0 Å². The van der Waals surface area contributed by atoms with Crippen molar-refractivity contribution in [1.82, 2.24) is 20.3 Å². The van der Waals surface area contributed by atoms with E-state index in [1.54, 1.807) is 0 Å². The number of fused-ring (bicyclic) bond motifs is 2. The van der Waals surface area contributed by atoms with E-state index in [1.807, 2.05) is 0 Å². The summed E-state index contributed by atoms with van der Waals surface area (Å²) >= 11 is 0. The molecule has 0 spiro atoms. The standard InChI is InChI=1S/C34H27FN8O16S5/c1-2-60(46,47)12-11-36-31(45)17-5-3-6-19(13-17)37-33-39-32(35)40-34(41-33)38-24-16-20(61(48,49)50)14-18-15-26(63(54,55)56)28(29(44)27(18)24)43-42-23-10-9-21-22(30(23)64(57,58)59)7-4-8-25(21)62(51,52)53/h2-10,13-16,44H,1,11-12H2,(H,36,45)(H,48,49,50)(H,51,52,53)(H,54,55,56)(H,57,58,59)(H2,37,38,39,40,41)/b43-42+. The molecule has 0 bridgehead atoms. The number of anilines is 4. The SMILES string of the molecule is C=CS(=O)(=O)CCNC(=O)c1cccc(Nc2nc(F)nc(Nc3cc(S(=O)(=O)O)cc4cc(S(=O)(=O)O)c(/N=N/c5ccc6c(S(=O)(=O)O)cccc6c5S(=O)(=O)O)c(O)c34)n2)c1. The van der Waals surface area contributed by atoms with E-state index in [-0.39, 0.29) is 17.8 Å². The van der Waals surface area contributed by atoms with Gasteiger partial charge in [0, 0.05) is 39.4 Å². The largest absolute Gasteiger partial charge is 0.505 e. The van der Waals surface area contributed by atoms with Gasteiger partial charge in [-0.3, -0.25) is 23.0 Å². The quantitative estimate of drug-likeness (QED) is 0.0528. The molecule has 1 amide bonds. The Morgan fingerprint density at radius 1 is 0.719 bits per heavy atom. The summed E-state index contributed by atoms with van der Waals surface area (Å²) in [5.41, 5.74) is -2.52. The molecule has 30 heteroatoms. The number of carbonyl (C=O) groups excluding carboxylic acids is 1. The highest BCUT2D eigenvalue weighted by atomic mass is 32.2. The van der Waals surface area contributed by atoms with E-state index < -0.39 is 144 Å². The van der Waals surface area contributed by atoms with Gasteiger partial charge in [0.25, 0.3) is 46.4 Å². The lowest BCUT2D eigenvalue weighted by atomic mass is 10.1. The van der Waals surface area contributed by atoms with Crippen molar-refractivity contribution in [3.05, 3.63) is 96.4 Å². The summed E-state index contributed by atoms with van der Waals surface area (Å²) in [6.45, 7) is 2.92. The van der Waals surface area contributed by atoms with Gasteiger partial charge < -0.3 is 21.1 Å². The lowest BCUT2D eigenvalue weighted by Gasteiger charge is -2.15. The minimum absolute atomic E-state index is 0.0104. The molecule has 24 nitrogen and oxygen atoms in total. The van der Waals surface area contributed by atoms with Crippen molar-refractivity contribution < 1.29 is 74.6 Å². The number of nitrogens with one attached hydrogen (secondary N) is 3. The van der Waals surface area contributed by atoms with E-state index >= 15 is 0 Å². The van der Waals surface area contributed by atoms with Crippen molar-refractivity contribution in [3.63, 3.8) is 0 Å². The third kappa shape index (κ3) is 10.4. The predicted octanol–water partition coefficient (Wildman–Crippen LogP) is 4.20. The number of halogens is 1. The topological polar surface area (TPSA) is 388 Å². The van der Waals surface area contributed by atoms with Crippen LogP contribution in [0.5, 0.6) is 5.75 Å². The number of aromatic hydroxyl groups is 1. The first-order valence-electron chi connectivity index (χ1n) is 17.1. The van der Waals surface area contributed by atoms with Crippen LogP contribution in [0, 0.1) is 6.08 Å². The van der Waals surface area contributed by atoms with E-state index in [4.69, 9.17) is 0 Å². The molecule has 64 heavy (non-hydrogen) atoms. The van der Waals surface area contributed by atoms with Gasteiger partial charge in [-0.15, -0.1) is 10.2 Å². The molecule has 0 aliphatic rings. The van der Waals surface area contributed by atoms with Crippen molar-refractivity contribution >= 4 is 112 Å². The van der Waals surface area contributed by atoms with E-state index in [0.29, 0.717) is 18.2 Å². The van der Waals surface area contributed by atoms with Gasteiger partial charge in [0.1, 0.15) is 26.1 Å². The normalized spacial score (nSPS) is 12.7. The van der Waals surface area contributed by atoms with Gasteiger partial charge in [-0.2, -0.15) is 53.0 Å². The molecular formula is C34H27FN8O16S5. The number of hydrogen-bond donors (Lipinski definition) is 8. The monoisotopic (exact) mass is 982 g/mol. The van der Waals surface area contributed by atoms with Gasteiger partial charge in [-0.05, 0) is 53.9 Å². The molecule has 0 aliphatic heterocycles. The van der Waals surface area contributed by atoms with Crippen molar-refractivity contribution in [2.75, 3.05) is 22.9 Å². The molecule has 0 radical (unpaired) electrons. The van der Waals surface area contributed by atoms with Gasteiger partial charge in [-0.1, -0.05) is 30.8 Å². The lowest BCUT2D eigenvalue weighted by molar-refractivity contribution is 0.0956. The zero-order chi connectivity index (χ0) is 47.2. The number of nitrogens with zero attached hydrogens (tertiary/aromatic N) is 5. The fourth-order valence-electron chi connectivity index (χ4n) is 5.91. The smallest absolute Gasteiger partial charge is 0.315 e. The number of hydrogen-bond acceptors (Lipinski definition) is 19. The first kappa shape index (κ1) is 46.9. The van der Waals surface area contributed by atoms with E-state index in [1.165, 1.54) is 24.3 Å². The van der Waals surface area contributed by atoms with Gasteiger partial charge in [0.15, 0.2) is 15.6 Å². The number of phenolic OH excluding ortho intramolecular Hbond substituents is 1. The highest BCUT2D eigenvalue weighted by molar-refractivity contribution is 7.94. The highest BCUT2D eigenvalue weighted by Gasteiger charge is 2.28. The van der Waals surface area contributed by atoms with Crippen LogP contribution in [0.15, 0.2) is 115 Å². The van der Waals surface area contributed by atoms with Crippen molar-refractivity contribution in [2.24, 2.45) is 10.2 Å². The van der Waals surface area contributed by atoms with Gasteiger partial charge in [0.05, 0.1) is 16.3 Å². The maximum atomic E-state index is 14.9. The summed E-state index contributed by atoms with van der Waals surface area (Å²) in [7, 11) is -24.6. The van der Waals surface area contributed by atoms with Crippen LogP contribution in [-0.4, -0.2) is 98.6 Å². The first-order valence-corrected chi connectivity index (χ1v) is 24.5. The molecule has 0 atom stereocenters. The number of sulfone groups is 1.